The number of halogens is 1. The highest BCUT2D eigenvalue weighted by atomic mass is 32.2. The fraction of sp³-hybridized carbons (Fsp3) is 0.588. The van der Waals surface area contributed by atoms with Gasteiger partial charge in [0, 0.05) is 13.1 Å². The van der Waals surface area contributed by atoms with E-state index in [9.17, 15) is 17.6 Å². The molecule has 0 aromatic heterocycles. The summed E-state index contributed by atoms with van der Waals surface area (Å²) in [4.78, 5) is 12.2. The second-order valence-electron chi connectivity index (χ2n) is 6.66. The quantitative estimate of drug-likeness (QED) is 0.881. The van der Waals surface area contributed by atoms with Crippen molar-refractivity contribution in [1.82, 2.24) is 9.62 Å². The Morgan fingerprint density at radius 2 is 1.88 bits per heavy atom. The number of nitrogens with zero attached hydrogens (tertiary/aromatic N) is 1. The van der Waals surface area contributed by atoms with Crippen LogP contribution in [0.25, 0.3) is 0 Å². The molecule has 0 saturated heterocycles. The second kappa shape index (κ2) is 7.61. The third-order valence-corrected chi connectivity index (χ3v) is 6.76. The molecular weight excluding hydrogens is 331 g/mol. The zero-order valence-electron chi connectivity index (χ0n) is 14.3. The van der Waals surface area contributed by atoms with Crippen molar-refractivity contribution in [2.24, 2.45) is 11.8 Å². The van der Waals surface area contributed by atoms with Gasteiger partial charge in [0.1, 0.15) is 5.82 Å². The van der Waals surface area contributed by atoms with Gasteiger partial charge in [-0.05, 0) is 42.5 Å². The van der Waals surface area contributed by atoms with E-state index in [-0.39, 0.29) is 23.4 Å². The Kier molecular flexibility index (Phi) is 5.98. The first-order valence-electron chi connectivity index (χ1n) is 8.23. The van der Waals surface area contributed by atoms with E-state index in [1.54, 1.807) is 0 Å². The first-order valence-corrected chi connectivity index (χ1v) is 9.67. The lowest BCUT2D eigenvalue weighted by Gasteiger charge is -2.34. The van der Waals surface area contributed by atoms with Crippen molar-refractivity contribution in [2.75, 3.05) is 13.6 Å². The molecule has 5 nitrogen and oxygen atoms in total. The van der Waals surface area contributed by atoms with Crippen LogP contribution in [-0.2, 0) is 14.8 Å². The smallest absolute Gasteiger partial charge is 0.243 e. The lowest BCUT2D eigenvalue weighted by Crippen LogP contribution is -2.47. The van der Waals surface area contributed by atoms with Crippen LogP contribution in [0.5, 0.6) is 0 Å². The number of carbonyl (C=O) groups is 1. The van der Waals surface area contributed by atoms with Crippen LogP contribution >= 0.6 is 0 Å². The Labute approximate surface area is 143 Å². The van der Waals surface area contributed by atoms with Gasteiger partial charge in [0.05, 0.1) is 11.4 Å². The van der Waals surface area contributed by atoms with E-state index in [0.29, 0.717) is 11.8 Å². The normalized spacial score (nSPS) is 24.8. The number of likely N-dealkylation sites (N-methyl/N-ethyl adjacent to an activating group) is 1. The molecule has 0 radical (unpaired) electrons. The summed E-state index contributed by atoms with van der Waals surface area (Å²) in [5.41, 5.74) is 0. The molecule has 1 fully saturated rings. The summed E-state index contributed by atoms with van der Waals surface area (Å²) in [6.45, 7) is 4.04. The van der Waals surface area contributed by atoms with E-state index in [0.717, 1.165) is 35.7 Å². The molecule has 0 bridgehead atoms. The third kappa shape index (κ3) is 4.33. The molecule has 0 aliphatic heterocycles. The molecular formula is C17H25FN2O3S. The van der Waals surface area contributed by atoms with Gasteiger partial charge >= 0.3 is 0 Å². The molecule has 3 unspecified atom stereocenters. The number of rotatable bonds is 5. The van der Waals surface area contributed by atoms with Crippen LogP contribution in [0.3, 0.4) is 0 Å². The van der Waals surface area contributed by atoms with Crippen LogP contribution in [0.2, 0.25) is 0 Å². The first-order chi connectivity index (χ1) is 11.2. The lowest BCUT2D eigenvalue weighted by molar-refractivity contribution is -0.122. The summed E-state index contributed by atoms with van der Waals surface area (Å²) in [7, 11) is -2.46. The minimum absolute atomic E-state index is 0.0288. The van der Waals surface area contributed by atoms with Crippen molar-refractivity contribution >= 4 is 15.9 Å². The number of nitrogens with one attached hydrogen (secondary N) is 1. The summed E-state index contributed by atoms with van der Waals surface area (Å²) in [5.74, 6) is 0.107. The molecule has 1 aliphatic rings. The van der Waals surface area contributed by atoms with Gasteiger partial charge in [-0.2, -0.15) is 4.31 Å². The molecule has 1 aromatic rings. The highest BCUT2D eigenvalue weighted by Crippen LogP contribution is 2.29. The van der Waals surface area contributed by atoms with Gasteiger partial charge in [0.25, 0.3) is 0 Å². The van der Waals surface area contributed by atoms with Gasteiger partial charge in [0.2, 0.25) is 15.9 Å². The zero-order valence-corrected chi connectivity index (χ0v) is 15.1. The second-order valence-corrected chi connectivity index (χ2v) is 8.70. The highest BCUT2D eigenvalue weighted by Gasteiger charge is 2.29. The van der Waals surface area contributed by atoms with Crippen LogP contribution < -0.4 is 5.32 Å². The van der Waals surface area contributed by atoms with Crippen molar-refractivity contribution in [1.29, 1.82) is 0 Å². The average Bonchev–Trinajstić information content (AvgIpc) is 2.52. The number of hydrogen-bond donors (Lipinski definition) is 1. The molecule has 1 aliphatic carbocycles. The molecule has 1 N–H and O–H groups in total. The van der Waals surface area contributed by atoms with Crippen LogP contribution in [0, 0.1) is 17.7 Å². The highest BCUT2D eigenvalue weighted by molar-refractivity contribution is 7.89. The van der Waals surface area contributed by atoms with Crippen molar-refractivity contribution in [3.8, 4) is 0 Å². The van der Waals surface area contributed by atoms with Gasteiger partial charge in [0.15, 0.2) is 0 Å². The third-order valence-electron chi connectivity index (χ3n) is 4.94. The first kappa shape index (κ1) is 18.9. The molecule has 24 heavy (non-hydrogen) atoms. The fourth-order valence-electron chi connectivity index (χ4n) is 3.11. The number of carbonyl (C=O) groups excluding carboxylic acids is 1. The summed E-state index contributed by atoms with van der Waals surface area (Å²) in [6, 6.07) is 4.66. The SMILES string of the molecule is CC1CCCC(NC(=O)CN(C)S(=O)(=O)c2ccc(F)cc2)C1C. The maximum Gasteiger partial charge on any atom is 0.243 e. The van der Waals surface area contributed by atoms with E-state index in [1.165, 1.54) is 19.2 Å². The van der Waals surface area contributed by atoms with E-state index in [4.69, 9.17) is 0 Å². The van der Waals surface area contributed by atoms with Gasteiger partial charge in [-0.25, -0.2) is 12.8 Å². The standard InChI is InChI=1S/C17H25FN2O3S/c1-12-5-4-6-16(13(12)2)19-17(21)11-20(3)24(22,23)15-9-7-14(18)8-10-15/h7-10,12-13,16H,4-6,11H2,1-3H3,(H,19,21). The van der Waals surface area contributed by atoms with Crippen molar-refractivity contribution in [3.05, 3.63) is 30.1 Å². The number of hydrogen-bond acceptors (Lipinski definition) is 3. The largest absolute Gasteiger partial charge is 0.352 e. The number of sulfonamides is 1. The van der Waals surface area contributed by atoms with Gasteiger partial charge in [-0.3, -0.25) is 4.79 Å². The van der Waals surface area contributed by atoms with Crippen LogP contribution in [0.15, 0.2) is 29.2 Å². The fourth-order valence-corrected chi connectivity index (χ4v) is 4.24. The Morgan fingerprint density at radius 3 is 2.50 bits per heavy atom. The summed E-state index contributed by atoms with van der Waals surface area (Å²) < 4.78 is 38.8. The van der Waals surface area contributed by atoms with Gasteiger partial charge in [-0.15, -0.1) is 0 Å². The maximum absolute atomic E-state index is 12.9. The summed E-state index contributed by atoms with van der Waals surface area (Å²) in [5, 5.41) is 2.96. The molecule has 0 spiro atoms. The molecule has 1 aromatic carbocycles. The Morgan fingerprint density at radius 1 is 1.25 bits per heavy atom. The minimum Gasteiger partial charge on any atom is -0.352 e. The number of benzene rings is 1. The van der Waals surface area contributed by atoms with Crippen LogP contribution in [0.4, 0.5) is 4.39 Å². The van der Waals surface area contributed by atoms with Crippen molar-refractivity contribution in [2.45, 2.75) is 44.0 Å². The minimum atomic E-state index is -3.81. The van der Waals surface area contributed by atoms with Crippen molar-refractivity contribution in [3.63, 3.8) is 0 Å². The molecule has 0 heterocycles. The summed E-state index contributed by atoms with van der Waals surface area (Å²) in [6.07, 6.45) is 3.15. The molecule has 2 rings (SSSR count). The topological polar surface area (TPSA) is 66.5 Å². The summed E-state index contributed by atoms with van der Waals surface area (Å²) >= 11 is 0. The zero-order chi connectivity index (χ0) is 17.9. The van der Waals surface area contributed by atoms with Crippen LogP contribution in [-0.4, -0.2) is 38.3 Å². The molecule has 7 heteroatoms. The Balaban J connectivity index is 1.99. The lowest BCUT2D eigenvalue weighted by atomic mass is 9.78. The van der Waals surface area contributed by atoms with E-state index in [1.807, 2.05) is 0 Å². The van der Waals surface area contributed by atoms with Gasteiger partial charge in [-0.1, -0.05) is 26.7 Å². The average molecular weight is 356 g/mol. The van der Waals surface area contributed by atoms with E-state index >= 15 is 0 Å². The van der Waals surface area contributed by atoms with E-state index < -0.39 is 15.8 Å². The Hall–Kier alpha value is -1.47. The predicted octanol–water partition coefficient (Wildman–Crippen LogP) is 2.39. The maximum atomic E-state index is 12.9. The monoisotopic (exact) mass is 356 g/mol. The molecule has 3 atom stereocenters. The molecule has 134 valence electrons. The molecule has 1 amide bonds. The van der Waals surface area contributed by atoms with Crippen LogP contribution in [0.1, 0.15) is 33.1 Å². The predicted molar refractivity (Wildman–Crippen MR) is 90.3 cm³/mol. The molecule has 1 saturated carbocycles. The van der Waals surface area contributed by atoms with Gasteiger partial charge < -0.3 is 5.32 Å². The number of amides is 1. The Bertz CT molecular complexity index is 676. The van der Waals surface area contributed by atoms with E-state index in [2.05, 4.69) is 19.2 Å². The van der Waals surface area contributed by atoms with Crippen molar-refractivity contribution < 1.29 is 17.6 Å².